The first-order valence-corrected chi connectivity index (χ1v) is 8.98. The molecule has 138 valence electrons. The van der Waals surface area contributed by atoms with Gasteiger partial charge in [-0.25, -0.2) is 4.98 Å². The summed E-state index contributed by atoms with van der Waals surface area (Å²) in [5.74, 6) is 1.43. The number of aryl methyl sites for hydroxylation is 1. The Bertz CT molecular complexity index is 716. The lowest BCUT2D eigenvalue weighted by atomic mass is 10.1. The molecule has 0 aliphatic carbocycles. The van der Waals surface area contributed by atoms with Gasteiger partial charge in [0.05, 0.1) is 13.7 Å². The molecule has 6 nitrogen and oxygen atoms in total. The molecule has 0 saturated carbocycles. The predicted octanol–water partition coefficient (Wildman–Crippen LogP) is 2.91. The first-order chi connectivity index (χ1) is 12.6. The normalized spacial score (nSPS) is 17.5. The number of nitrogens with zero attached hydrogens (tertiary/aromatic N) is 2. The number of ether oxygens (including phenoxy) is 1. The van der Waals surface area contributed by atoms with Gasteiger partial charge in [-0.15, -0.1) is 0 Å². The molecule has 2 heterocycles. The second-order valence-electron chi connectivity index (χ2n) is 6.72. The Morgan fingerprint density at radius 3 is 2.77 bits per heavy atom. The quantitative estimate of drug-likeness (QED) is 0.835. The highest BCUT2D eigenvalue weighted by molar-refractivity contribution is 5.91. The zero-order valence-electron chi connectivity index (χ0n) is 15.4. The molecule has 0 bridgehead atoms. The van der Waals surface area contributed by atoms with E-state index in [4.69, 9.17) is 4.74 Å². The van der Waals surface area contributed by atoms with E-state index in [1.165, 1.54) is 0 Å². The van der Waals surface area contributed by atoms with E-state index in [2.05, 4.69) is 20.5 Å². The zero-order valence-corrected chi connectivity index (χ0v) is 15.4. The molecule has 0 radical (unpaired) electrons. The summed E-state index contributed by atoms with van der Waals surface area (Å²) in [6, 6.07) is 12.1. The summed E-state index contributed by atoms with van der Waals surface area (Å²) in [5, 5.41) is 6.42. The smallest absolute Gasteiger partial charge is 0.239 e. The van der Waals surface area contributed by atoms with Crippen LogP contribution in [0.15, 0.2) is 42.6 Å². The fourth-order valence-corrected chi connectivity index (χ4v) is 3.17. The topological polar surface area (TPSA) is 66.5 Å². The minimum absolute atomic E-state index is 0.0218. The Hall–Kier alpha value is -2.60. The third-order valence-corrected chi connectivity index (χ3v) is 4.51. The van der Waals surface area contributed by atoms with Crippen LogP contribution in [-0.4, -0.2) is 48.6 Å². The molecule has 6 heteroatoms. The summed E-state index contributed by atoms with van der Waals surface area (Å²) < 4.78 is 5.19. The van der Waals surface area contributed by atoms with Crippen molar-refractivity contribution < 1.29 is 9.53 Å². The number of benzene rings is 1. The summed E-state index contributed by atoms with van der Waals surface area (Å²) in [7, 11) is 1.67. The van der Waals surface area contributed by atoms with Crippen LogP contribution in [-0.2, 0) is 4.79 Å². The molecule has 3 rings (SSSR count). The number of nitrogens with one attached hydrogen (secondary N) is 2. The van der Waals surface area contributed by atoms with Crippen molar-refractivity contribution in [3.63, 3.8) is 0 Å². The standard InChI is InChI=1S/C20H26N4O2/c1-15-5-10-19(21-12-15)23-20(25)14-24-11-3-4-17(13-24)22-16-6-8-18(26-2)9-7-16/h5-10,12,17,22H,3-4,11,13-14H2,1-2H3,(H,21,23,25)/t17-/m0/s1. The van der Waals surface area contributed by atoms with Gasteiger partial charge >= 0.3 is 0 Å². The third kappa shape index (κ3) is 5.20. The highest BCUT2D eigenvalue weighted by atomic mass is 16.5. The third-order valence-electron chi connectivity index (χ3n) is 4.51. The van der Waals surface area contributed by atoms with Crippen LogP contribution in [0.2, 0.25) is 0 Å². The van der Waals surface area contributed by atoms with Crippen LogP contribution < -0.4 is 15.4 Å². The lowest BCUT2D eigenvalue weighted by Crippen LogP contribution is -2.45. The monoisotopic (exact) mass is 354 g/mol. The minimum Gasteiger partial charge on any atom is -0.497 e. The van der Waals surface area contributed by atoms with Crippen molar-refractivity contribution in [1.29, 1.82) is 0 Å². The van der Waals surface area contributed by atoms with E-state index in [1.807, 2.05) is 43.3 Å². The van der Waals surface area contributed by atoms with Crippen LogP contribution in [0.3, 0.4) is 0 Å². The van der Waals surface area contributed by atoms with Gasteiger partial charge in [-0.05, 0) is 62.2 Å². The number of rotatable bonds is 6. The maximum absolute atomic E-state index is 12.3. The largest absolute Gasteiger partial charge is 0.497 e. The average Bonchev–Trinajstić information content (AvgIpc) is 2.64. The molecule has 2 aromatic rings. The van der Waals surface area contributed by atoms with Crippen LogP contribution in [0.1, 0.15) is 18.4 Å². The summed E-state index contributed by atoms with van der Waals surface area (Å²) >= 11 is 0. The van der Waals surface area contributed by atoms with E-state index in [0.717, 1.165) is 42.9 Å². The SMILES string of the molecule is COc1ccc(N[C@H]2CCCN(CC(=O)Nc3ccc(C)cn3)C2)cc1. The van der Waals surface area contributed by atoms with Gasteiger partial charge in [-0.1, -0.05) is 6.07 Å². The predicted molar refractivity (Wildman–Crippen MR) is 104 cm³/mol. The number of hydrogen-bond donors (Lipinski definition) is 2. The lowest BCUT2D eigenvalue weighted by molar-refractivity contribution is -0.117. The molecule has 2 N–H and O–H groups in total. The number of amides is 1. The van der Waals surface area contributed by atoms with E-state index in [1.54, 1.807) is 13.3 Å². The number of hydrogen-bond acceptors (Lipinski definition) is 5. The van der Waals surface area contributed by atoms with Crippen molar-refractivity contribution in [1.82, 2.24) is 9.88 Å². The van der Waals surface area contributed by atoms with Gasteiger partial charge in [-0.2, -0.15) is 0 Å². The minimum atomic E-state index is -0.0218. The van der Waals surface area contributed by atoms with Crippen molar-refractivity contribution in [2.45, 2.75) is 25.8 Å². The summed E-state index contributed by atoms with van der Waals surface area (Å²) in [5.41, 5.74) is 2.15. The van der Waals surface area contributed by atoms with Gasteiger partial charge in [-0.3, -0.25) is 9.69 Å². The number of aromatic nitrogens is 1. The van der Waals surface area contributed by atoms with Gasteiger partial charge in [0.25, 0.3) is 0 Å². The number of likely N-dealkylation sites (tertiary alicyclic amines) is 1. The van der Waals surface area contributed by atoms with Crippen molar-refractivity contribution in [3.8, 4) is 5.75 Å². The molecule has 1 saturated heterocycles. The molecule has 1 aromatic carbocycles. The van der Waals surface area contributed by atoms with E-state index >= 15 is 0 Å². The molecule has 1 aliphatic rings. The van der Waals surface area contributed by atoms with E-state index in [-0.39, 0.29) is 5.91 Å². The molecule has 26 heavy (non-hydrogen) atoms. The molecule has 1 amide bonds. The first kappa shape index (κ1) is 18.2. The molecule has 1 atom stereocenters. The first-order valence-electron chi connectivity index (χ1n) is 8.98. The van der Waals surface area contributed by atoms with Gasteiger partial charge in [0, 0.05) is 24.5 Å². The van der Waals surface area contributed by atoms with Crippen LogP contribution in [0.5, 0.6) is 5.75 Å². The van der Waals surface area contributed by atoms with Crippen molar-refractivity contribution in [3.05, 3.63) is 48.2 Å². The fraction of sp³-hybridized carbons (Fsp3) is 0.400. The number of piperidine rings is 1. The number of anilines is 2. The molecule has 1 aromatic heterocycles. The Morgan fingerprint density at radius 1 is 1.27 bits per heavy atom. The van der Waals surface area contributed by atoms with Crippen molar-refractivity contribution in [2.24, 2.45) is 0 Å². The maximum Gasteiger partial charge on any atom is 0.239 e. The Balaban J connectivity index is 1.49. The molecular weight excluding hydrogens is 328 g/mol. The Morgan fingerprint density at radius 2 is 2.08 bits per heavy atom. The van der Waals surface area contributed by atoms with Crippen LogP contribution in [0, 0.1) is 6.92 Å². The average molecular weight is 354 g/mol. The zero-order chi connectivity index (χ0) is 18.4. The molecule has 1 fully saturated rings. The highest BCUT2D eigenvalue weighted by Crippen LogP contribution is 2.19. The molecular formula is C20H26N4O2. The fourth-order valence-electron chi connectivity index (χ4n) is 3.17. The number of carbonyl (C=O) groups excluding carboxylic acids is 1. The van der Waals surface area contributed by atoms with Gasteiger partial charge < -0.3 is 15.4 Å². The Labute approximate surface area is 154 Å². The van der Waals surface area contributed by atoms with Crippen LogP contribution in [0.25, 0.3) is 0 Å². The molecule has 0 unspecified atom stereocenters. The van der Waals surface area contributed by atoms with E-state index < -0.39 is 0 Å². The van der Waals surface area contributed by atoms with Crippen LogP contribution in [0.4, 0.5) is 11.5 Å². The van der Waals surface area contributed by atoms with Crippen molar-refractivity contribution >= 4 is 17.4 Å². The second kappa shape index (κ2) is 8.67. The number of pyridine rings is 1. The van der Waals surface area contributed by atoms with Gasteiger partial charge in [0.2, 0.25) is 5.91 Å². The number of methoxy groups -OCH3 is 1. The summed E-state index contributed by atoms with van der Waals surface area (Å²) in [6.45, 7) is 4.15. The number of carbonyl (C=O) groups is 1. The summed E-state index contributed by atoms with van der Waals surface area (Å²) in [4.78, 5) is 18.7. The maximum atomic E-state index is 12.3. The molecule has 0 spiro atoms. The van der Waals surface area contributed by atoms with Gasteiger partial charge in [0.1, 0.15) is 11.6 Å². The highest BCUT2D eigenvalue weighted by Gasteiger charge is 2.21. The van der Waals surface area contributed by atoms with E-state index in [0.29, 0.717) is 18.4 Å². The summed E-state index contributed by atoms with van der Waals surface area (Å²) in [6.07, 6.45) is 3.93. The second-order valence-corrected chi connectivity index (χ2v) is 6.72. The van der Waals surface area contributed by atoms with Crippen molar-refractivity contribution in [2.75, 3.05) is 37.4 Å². The van der Waals surface area contributed by atoms with Gasteiger partial charge in [0.15, 0.2) is 0 Å². The Kier molecular flexibility index (Phi) is 6.07. The van der Waals surface area contributed by atoms with Crippen LogP contribution >= 0.6 is 0 Å². The lowest BCUT2D eigenvalue weighted by Gasteiger charge is -2.33. The van der Waals surface area contributed by atoms with E-state index in [9.17, 15) is 4.79 Å². The molecule has 1 aliphatic heterocycles.